The van der Waals surface area contributed by atoms with Gasteiger partial charge >= 0.3 is 6.09 Å². The molecule has 0 aliphatic rings. The Morgan fingerprint density at radius 3 is 2.43 bits per heavy atom. The minimum atomic E-state index is -0.832. The van der Waals surface area contributed by atoms with Crippen LogP contribution in [-0.2, 0) is 4.74 Å². The van der Waals surface area contributed by atoms with Crippen LogP contribution >= 0.6 is 0 Å². The third-order valence-corrected chi connectivity index (χ3v) is 2.78. The normalized spacial score (nSPS) is 14.1. The summed E-state index contributed by atoms with van der Waals surface area (Å²) in [5.41, 5.74) is 5.33. The van der Waals surface area contributed by atoms with E-state index in [0.29, 0.717) is 0 Å². The Bertz CT molecular complexity index is 557. The lowest BCUT2D eigenvalue weighted by molar-refractivity contribution is 0.0504. The zero-order chi connectivity index (χ0) is 17.8. The van der Waals surface area contributed by atoms with Gasteiger partial charge in [-0.2, -0.15) is 0 Å². The van der Waals surface area contributed by atoms with Gasteiger partial charge in [0, 0.05) is 17.7 Å². The van der Waals surface area contributed by atoms with Gasteiger partial charge in [-0.3, -0.25) is 0 Å². The highest BCUT2D eigenvalue weighted by Crippen LogP contribution is 2.29. The molecule has 0 spiro atoms. The molecule has 1 amide bonds. The number of amides is 1. The van der Waals surface area contributed by atoms with Crippen LogP contribution in [0.15, 0.2) is 12.1 Å². The predicted octanol–water partition coefficient (Wildman–Crippen LogP) is 3.28. The van der Waals surface area contributed by atoms with Gasteiger partial charge in [0.25, 0.3) is 0 Å². The molecule has 0 aliphatic heterocycles. The van der Waals surface area contributed by atoms with E-state index in [1.165, 1.54) is 0 Å². The van der Waals surface area contributed by atoms with Crippen molar-refractivity contribution in [3.8, 4) is 5.75 Å². The molecule has 0 bridgehead atoms. The Hall–Kier alpha value is -1.89. The molecule has 0 aromatic heterocycles. The fourth-order valence-corrected chi connectivity index (χ4v) is 1.83. The standard InChI is InChI=1S/C16H24F2N2O3/c1-9(8-20-15(21)23-16(3,4)5)22-14-12(10(2)19)6-11(17)7-13(14)18/h6-7,9-10H,8,19H2,1-5H3,(H,20,21)/t9-,10+/m0/s1. The molecule has 3 N–H and O–H groups in total. The third kappa shape index (κ3) is 6.40. The van der Waals surface area contributed by atoms with Gasteiger partial charge in [0.1, 0.15) is 17.5 Å². The van der Waals surface area contributed by atoms with Crippen LogP contribution in [0.2, 0.25) is 0 Å². The van der Waals surface area contributed by atoms with E-state index in [9.17, 15) is 13.6 Å². The number of alkyl carbamates (subject to hydrolysis) is 1. The molecule has 0 fully saturated rings. The molecular formula is C16H24F2N2O3. The van der Waals surface area contributed by atoms with E-state index >= 15 is 0 Å². The number of ether oxygens (including phenoxy) is 2. The van der Waals surface area contributed by atoms with Crippen molar-refractivity contribution in [2.75, 3.05) is 6.54 Å². The Balaban J connectivity index is 2.71. The summed E-state index contributed by atoms with van der Waals surface area (Å²) in [5.74, 6) is -1.66. The van der Waals surface area contributed by atoms with Crippen molar-refractivity contribution in [1.29, 1.82) is 0 Å². The maximum Gasteiger partial charge on any atom is 0.407 e. The summed E-state index contributed by atoms with van der Waals surface area (Å²) in [6, 6.07) is 1.27. The average Bonchev–Trinajstić information content (AvgIpc) is 2.37. The van der Waals surface area contributed by atoms with Crippen LogP contribution in [0, 0.1) is 11.6 Å². The average molecular weight is 330 g/mol. The molecule has 5 nitrogen and oxygen atoms in total. The van der Waals surface area contributed by atoms with E-state index in [0.717, 1.165) is 12.1 Å². The topological polar surface area (TPSA) is 73.6 Å². The van der Waals surface area contributed by atoms with Crippen LogP contribution < -0.4 is 15.8 Å². The van der Waals surface area contributed by atoms with Gasteiger partial charge in [-0.15, -0.1) is 0 Å². The monoisotopic (exact) mass is 330 g/mol. The summed E-state index contributed by atoms with van der Waals surface area (Å²) in [6.45, 7) is 8.58. The number of halogens is 2. The number of hydrogen-bond donors (Lipinski definition) is 2. The smallest absolute Gasteiger partial charge is 0.407 e. The molecule has 130 valence electrons. The zero-order valence-electron chi connectivity index (χ0n) is 14.1. The molecule has 1 aromatic carbocycles. The SMILES string of the molecule is C[C@@H](CNC(=O)OC(C)(C)C)Oc1c(F)cc(F)cc1[C@@H](C)N. The fraction of sp³-hybridized carbons (Fsp3) is 0.562. The van der Waals surface area contributed by atoms with E-state index in [-0.39, 0.29) is 17.9 Å². The molecule has 0 aliphatic carbocycles. The minimum absolute atomic E-state index is 0.101. The highest BCUT2D eigenvalue weighted by atomic mass is 19.1. The quantitative estimate of drug-likeness (QED) is 0.869. The lowest BCUT2D eigenvalue weighted by Gasteiger charge is -2.22. The first kappa shape index (κ1) is 19.2. The van der Waals surface area contributed by atoms with E-state index in [1.807, 2.05) is 0 Å². The summed E-state index contributed by atoms with van der Waals surface area (Å²) in [6.07, 6.45) is -1.15. The van der Waals surface area contributed by atoms with Crippen LogP contribution in [0.1, 0.15) is 46.2 Å². The van der Waals surface area contributed by atoms with E-state index in [1.54, 1.807) is 34.6 Å². The van der Waals surface area contributed by atoms with Crippen LogP contribution in [0.4, 0.5) is 13.6 Å². The van der Waals surface area contributed by atoms with E-state index < -0.39 is 35.5 Å². The number of benzene rings is 1. The number of hydrogen-bond acceptors (Lipinski definition) is 4. The largest absolute Gasteiger partial charge is 0.485 e. The van der Waals surface area contributed by atoms with Crippen molar-refractivity contribution in [3.05, 3.63) is 29.3 Å². The Kier molecular flexibility index (Phi) is 6.32. The zero-order valence-corrected chi connectivity index (χ0v) is 14.1. The molecule has 1 rings (SSSR count). The van der Waals surface area contributed by atoms with E-state index in [2.05, 4.69) is 5.32 Å². The van der Waals surface area contributed by atoms with Crippen molar-refractivity contribution < 1.29 is 23.0 Å². The van der Waals surface area contributed by atoms with Crippen LogP contribution in [0.3, 0.4) is 0 Å². The first-order chi connectivity index (χ1) is 10.5. The van der Waals surface area contributed by atoms with E-state index in [4.69, 9.17) is 15.2 Å². The molecule has 23 heavy (non-hydrogen) atoms. The predicted molar refractivity (Wildman–Crippen MR) is 83.3 cm³/mol. The molecular weight excluding hydrogens is 306 g/mol. The van der Waals surface area contributed by atoms with Crippen molar-refractivity contribution in [1.82, 2.24) is 5.32 Å². The molecule has 0 unspecified atom stereocenters. The number of rotatable bonds is 5. The second-order valence-electron chi connectivity index (χ2n) is 6.41. The summed E-state index contributed by atoms with van der Waals surface area (Å²) >= 11 is 0. The minimum Gasteiger partial charge on any atom is -0.485 e. The molecule has 1 aromatic rings. The maximum atomic E-state index is 13.9. The number of carbonyl (C=O) groups excluding carboxylic acids is 1. The van der Waals surface area contributed by atoms with Crippen molar-refractivity contribution in [2.45, 2.75) is 52.4 Å². The summed E-state index contributed by atoms with van der Waals surface area (Å²) in [5, 5.41) is 2.52. The van der Waals surface area contributed by atoms with Gasteiger partial charge in [-0.25, -0.2) is 13.6 Å². The van der Waals surface area contributed by atoms with Crippen molar-refractivity contribution >= 4 is 6.09 Å². The third-order valence-electron chi connectivity index (χ3n) is 2.78. The van der Waals surface area contributed by atoms with Gasteiger partial charge < -0.3 is 20.5 Å². The molecule has 0 radical (unpaired) electrons. The molecule has 0 heterocycles. The summed E-state index contributed by atoms with van der Waals surface area (Å²) in [4.78, 5) is 11.6. The van der Waals surface area contributed by atoms with Crippen LogP contribution in [-0.4, -0.2) is 24.3 Å². The van der Waals surface area contributed by atoms with Crippen molar-refractivity contribution in [3.63, 3.8) is 0 Å². The fourth-order valence-electron chi connectivity index (χ4n) is 1.83. The second kappa shape index (κ2) is 7.59. The maximum absolute atomic E-state index is 13.9. The lowest BCUT2D eigenvalue weighted by atomic mass is 10.1. The summed E-state index contributed by atoms with van der Waals surface area (Å²) < 4.78 is 37.8. The molecule has 0 saturated carbocycles. The Labute approximate surface area is 135 Å². The van der Waals surface area contributed by atoms with Crippen LogP contribution in [0.25, 0.3) is 0 Å². The van der Waals surface area contributed by atoms with Gasteiger partial charge in [-0.05, 0) is 40.7 Å². The lowest BCUT2D eigenvalue weighted by Crippen LogP contribution is -2.38. The highest BCUT2D eigenvalue weighted by Gasteiger charge is 2.20. The Morgan fingerprint density at radius 2 is 1.91 bits per heavy atom. The second-order valence-corrected chi connectivity index (χ2v) is 6.41. The van der Waals surface area contributed by atoms with Gasteiger partial charge in [0.15, 0.2) is 11.6 Å². The van der Waals surface area contributed by atoms with Crippen molar-refractivity contribution in [2.24, 2.45) is 5.73 Å². The first-order valence-electron chi connectivity index (χ1n) is 7.37. The van der Waals surface area contributed by atoms with Gasteiger partial charge in [0.05, 0.1) is 6.54 Å². The molecule has 2 atom stereocenters. The summed E-state index contributed by atoms with van der Waals surface area (Å²) in [7, 11) is 0. The van der Waals surface area contributed by atoms with Gasteiger partial charge in [0.2, 0.25) is 0 Å². The number of nitrogens with two attached hydrogens (primary N) is 1. The van der Waals surface area contributed by atoms with Crippen LogP contribution in [0.5, 0.6) is 5.75 Å². The first-order valence-corrected chi connectivity index (χ1v) is 7.37. The van der Waals surface area contributed by atoms with Gasteiger partial charge in [-0.1, -0.05) is 0 Å². The molecule has 0 saturated heterocycles. The Morgan fingerprint density at radius 1 is 1.30 bits per heavy atom. The highest BCUT2D eigenvalue weighted by molar-refractivity contribution is 5.67. The number of nitrogens with one attached hydrogen (secondary N) is 1. The number of carbonyl (C=O) groups is 1. The molecule has 7 heteroatoms.